The fourth-order valence-electron chi connectivity index (χ4n) is 7.45. The predicted molar refractivity (Wildman–Crippen MR) is 204 cm³/mol. The van der Waals surface area contributed by atoms with E-state index < -0.39 is 8.07 Å². The van der Waals surface area contributed by atoms with Crippen LogP contribution in [0.3, 0.4) is 0 Å². The van der Waals surface area contributed by atoms with Crippen LogP contribution in [0.4, 0.5) is 0 Å². The molecule has 0 spiro atoms. The Labute approximate surface area is 291 Å². The minimum absolute atomic E-state index is 0.573. The summed E-state index contributed by atoms with van der Waals surface area (Å²) in [6.45, 7) is 0. The van der Waals surface area contributed by atoms with Gasteiger partial charge >= 0.3 is 0 Å². The van der Waals surface area contributed by atoms with Crippen LogP contribution in [0, 0.1) is 34.0 Å². The minimum Gasteiger partial charge on any atom is -0.309 e. The lowest BCUT2D eigenvalue weighted by atomic mass is 10.0. The van der Waals surface area contributed by atoms with Crippen molar-refractivity contribution >= 4 is 50.6 Å². The third-order valence-electron chi connectivity index (χ3n) is 9.61. The second kappa shape index (κ2) is 12.6. The molecule has 0 aliphatic heterocycles. The Kier molecular flexibility index (Phi) is 7.63. The Hall–Kier alpha value is -6.97. The quantitative estimate of drug-likeness (QED) is 0.138. The standard InChI is InChI=1S/C45H28N4Si/c46-29-32-11-9-17-38(25-32)50(36-13-3-1-4-14-36,37-15-5-2-6-16-37)39-18-10-12-35(28-39)40-19-7-8-20-43(40)49-44-23-21-33(30-47)26-41(44)42-27-34(31-48)22-24-45(42)49/h1-28H. The lowest BCUT2D eigenvalue weighted by molar-refractivity contribution is 1.18. The molecule has 0 N–H and O–H groups in total. The summed E-state index contributed by atoms with van der Waals surface area (Å²) in [6, 6.07) is 65.3. The first-order valence-electron chi connectivity index (χ1n) is 16.4. The molecule has 5 heteroatoms. The molecule has 0 saturated heterocycles. The fraction of sp³-hybridized carbons (Fsp3) is 0. The molecular formula is C45H28N4Si. The van der Waals surface area contributed by atoms with Crippen molar-refractivity contribution in [3.05, 3.63) is 187 Å². The number of fused-ring (bicyclic) bond motifs is 3. The second-order valence-corrected chi connectivity index (χ2v) is 16.1. The number of rotatable bonds is 6. The van der Waals surface area contributed by atoms with Crippen LogP contribution in [-0.2, 0) is 0 Å². The molecule has 0 saturated carbocycles. The number of nitrogens with zero attached hydrogens (tertiary/aromatic N) is 4. The first-order chi connectivity index (χ1) is 24.6. The van der Waals surface area contributed by atoms with Crippen molar-refractivity contribution < 1.29 is 0 Å². The lowest BCUT2D eigenvalue weighted by Gasteiger charge is -2.35. The van der Waals surface area contributed by atoms with Crippen molar-refractivity contribution in [3.8, 4) is 35.0 Å². The molecule has 0 atom stereocenters. The molecule has 0 unspecified atom stereocenters. The zero-order valence-electron chi connectivity index (χ0n) is 27.0. The van der Waals surface area contributed by atoms with Gasteiger partial charge in [-0.05, 0) is 80.9 Å². The summed E-state index contributed by atoms with van der Waals surface area (Å²) in [4.78, 5) is 0. The molecule has 4 nitrogen and oxygen atoms in total. The highest BCUT2D eigenvalue weighted by Crippen LogP contribution is 2.37. The summed E-state index contributed by atoms with van der Waals surface area (Å²) in [5.74, 6) is 0. The minimum atomic E-state index is -2.92. The van der Waals surface area contributed by atoms with Gasteiger partial charge < -0.3 is 4.57 Å². The lowest BCUT2D eigenvalue weighted by Crippen LogP contribution is -2.74. The van der Waals surface area contributed by atoms with Gasteiger partial charge in [-0.15, -0.1) is 0 Å². The van der Waals surface area contributed by atoms with Crippen LogP contribution >= 0.6 is 0 Å². The van der Waals surface area contributed by atoms with E-state index in [9.17, 15) is 15.8 Å². The molecule has 0 fully saturated rings. The summed E-state index contributed by atoms with van der Waals surface area (Å²) in [5, 5.41) is 36.1. The Bertz CT molecular complexity index is 2580. The smallest absolute Gasteiger partial charge is 0.179 e. The van der Waals surface area contributed by atoms with E-state index in [0.29, 0.717) is 16.7 Å². The number of aromatic nitrogens is 1. The number of nitriles is 3. The van der Waals surface area contributed by atoms with Crippen LogP contribution in [0.1, 0.15) is 16.7 Å². The molecule has 0 radical (unpaired) electrons. The van der Waals surface area contributed by atoms with Crippen molar-refractivity contribution in [2.75, 3.05) is 0 Å². The maximum Gasteiger partial charge on any atom is 0.179 e. The Morgan fingerprint density at radius 3 is 1.46 bits per heavy atom. The first kappa shape index (κ1) is 30.4. The van der Waals surface area contributed by atoms with Crippen LogP contribution in [0.5, 0.6) is 0 Å². The number of hydrogen-bond acceptors (Lipinski definition) is 3. The van der Waals surface area contributed by atoms with Crippen LogP contribution < -0.4 is 20.7 Å². The van der Waals surface area contributed by atoms with Gasteiger partial charge in [-0.3, -0.25) is 0 Å². The predicted octanol–water partition coefficient (Wildman–Crippen LogP) is 7.44. The van der Waals surface area contributed by atoms with Gasteiger partial charge in [0.2, 0.25) is 0 Å². The molecule has 0 aliphatic rings. The van der Waals surface area contributed by atoms with E-state index in [-0.39, 0.29) is 0 Å². The summed E-state index contributed by atoms with van der Waals surface area (Å²) in [5.41, 5.74) is 6.82. The van der Waals surface area contributed by atoms with Crippen molar-refractivity contribution in [3.63, 3.8) is 0 Å². The van der Waals surface area contributed by atoms with Gasteiger partial charge in [-0.1, -0.05) is 115 Å². The van der Waals surface area contributed by atoms with Gasteiger partial charge in [0.15, 0.2) is 8.07 Å². The zero-order chi connectivity index (χ0) is 34.1. The number of para-hydroxylation sites is 1. The van der Waals surface area contributed by atoms with E-state index in [2.05, 4.69) is 138 Å². The van der Waals surface area contributed by atoms with Gasteiger partial charge in [0.25, 0.3) is 0 Å². The van der Waals surface area contributed by atoms with E-state index in [1.54, 1.807) is 0 Å². The highest BCUT2D eigenvalue weighted by Gasteiger charge is 2.41. The normalized spacial score (nSPS) is 11.1. The summed E-state index contributed by atoms with van der Waals surface area (Å²) >= 11 is 0. The van der Waals surface area contributed by atoms with Crippen LogP contribution in [0.15, 0.2) is 170 Å². The third kappa shape index (κ3) is 4.88. The van der Waals surface area contributed by atoms with Crippen molar-refractivity contribution in [2.45, 2.75) is 0 Å². The van der Waals surface area contributed by atoms with E-state index in [1.807, 2.05) is 54.6 Å². The first-order valence-corrected chi connectivity index (χ1v) is 18.4. The molecule has 8 rings (SSSR count). The fourth-order valence-corrected chi connectivity index (χ4v) is 12.3. The number of benzene rings is 7. The summed E-state index contributed by atoms with van der Waals surface area (Å²) in [7, 11) is -2.92. The molecule has 1 heterocycles. The molecule has 50 heavy (non-hydrogen) atoms. The Morgan fingerprint density at radius 2 is 0.880 bits per heavy atom. The molecule has 7 aromatic carbocycles. The van der Waals surface area contributed by atoms with Gasteiger partial charge in [-0.2, -0.15) is 15.8 Å². The van der Waals surface area contributed by atoms with Crippen molar-refractivity contribution in [1.29, 1.82) is 15.8 Å². The van der Waals surface area contributed by atoms with Gasteiger partial charge in [0.1, 0.15) is 0 Å². The van der Waals surface area contributed by atoms with Gasteiger partial charge in [-0.25, -0.2) is 0 Å². The van der Waals surface area contributed by atoms with Crippen LogP contribution in [0.25, 0.3) is 38.6 Å². The molecule has 232 valence electrons. The van der Waals surface area contributed by atoms with Gasteiger partial charge in [0.05, 0.1) is 51.6 Å². The molecule has 0 bridgehead atoms. The third-order valence-corrected chi connectivity index (χ3v) is 14.4. The molecule has 1 aromatic heterocycles. The highest BCUT2D eigenvalue weighted by atomic mass is 28.3. The molecule has 0 amide bonds. The Morgan fingerprint density at radius 1 is 0.400 bits per heavy atom. The van der Waals surface area contributed by atoms with E-state index >= 15 is 0 Å². The zero-order valence-corrected chi connectivity index (χ0v) is 28.0. The van der Waals surface area contributed by atoms with E-state index in [0.717, 1.165) is 43.8 Å². The van der Waals surface area contributed by atoms with Crippen LogP contribution in [-0.4, -0.2) is 12.6 Å². The number of hydrogen-bond donors (Lipinski definition) is 0. The molecule has 0 aliphatic carbocycles. The maximum atomic E-state index is 9.99. The highest BCUT2D eigenvalue weighted by molar-refractivity contribution is 7.19. The Balaban J connectivity index is 1.42. The van der Waals surface area contributed by atoms with Crippen LogP contribution in [0.2, 0.25) is 0 Å². The van der Waals surface area contributed by atoms with Crippen molar-refractivity contribution in [2.24, 2.45) is 0 Å². The largest absolute Gasteiger partial charge is 0.309 e. The average Bonchev–Trinajstić information content (AvgIpc) is 3.52. The van der Waals surface area contributed by atoms with E-state index in [1.165, 1.54) is 15.6 Å². The second-order valence-electron chi connectivity index (χ2n) is 12.3. The molecular weight excluding hydrogens is 625 g/mol. The monoisotopic (exact) mass is 652 g/mol. The SMILES string of the molecule is N#Cc1cccc([Si](c2ccccc2)(c2ccccc2)c2cccc(-c3ccccc3-n3c4ccc(C#N)cc4c4cc(C#N)ccc43)c2)c1. The van der Waals surface area contributed by atoms with Crippen molar-refractivity contribution in [1.82, 2.24) is 4.57 Å². The topological polar surface area (TPSA) is 76.3 Å². The average molecular weight is 653 g/mol. The van der Waals surface area contributed by atoms with Gasteiger partial charge in [0, 0.05) is 16.3 Å². The maximum absolute atomic E-state index is 9.99. The van der Waals surface area contributed by atoms with E-state index in [4.69, 9.17) is 0 Å². The summed E-state index contributed by atoms with van der Waals surface area (Å²) < 4.78 is 2.24. The molecule has 8 aromatic rings. The summed E-state index contributed by atoms with van der Waals surface area (Å²) in [6.07, 6.45) is 0.